The van der Waals surface area contributed by atoms with Crippen LogP contribution in [0.4, 0.5) is 4.79 Å². The Morgan fingerprint density at radius 1 is 1.47 bits per heavy atom. The predicted octanol–water partition coefficient (Wildman–Crippen LogP) is 1.20. The number of amides is 2. The maximum absolute atomic E-state index is 11.8. The van der Waals surface area contributed by atoms with Crippen molar-refractivity contribution in [1.29, 1.82) is 0 Å². The van der Waals surface area contributed by atoms with Crippen LogP contribution in [0.5, 0.6) is 5.75 Å². The van der Waals surface area contributed by atoms with Crippen LogP contribution in [0.25, 0.3) is 0 Å². The van der Waals surface area contributed by atoms with Crippen molar-refractivity contribution in [3.8, 4) is 5.75 Å². The van der Waals surface area contributed by atoms with E-state index < -0.39 is 0 Å². The number of hydrogen-bond donors (Lipinski definition) is 1. The van der Waals surface area contributed by atoms with E-state index in [-0.39, 0.29) is 6.03 Å². The van der Waals surface area contributed by atoms with Gasteiger partial charge in [0, 0.05) is 26.7 Å². The van der Waals surface area contributed by atoms with Crippen LogP contribution in [0.1, 0.15) is 11.1 Å². The van der Waals surface area contributed by atoms with Crippen molar-refractivity contribution in [2.75, 3.05) is 27.2 Å². The van der Waals surface area contributed by atoms with Gasteiger partial charge in [-0.1, -0.05) is 18.3 Å². The van der Waals surface area contributed by atoms with E-state index in [2.05, 4.69) is 0 Å². The zero-order chi connectivity index (χ0) is 14.0. The van der Waals surface area contributed by atoms with Crippen molar-refractivity contribution in [2.45, 2.75) is 6.54 Å². The number of hydrogen-bond acceptors (Lipinski definition) is 3. The van der Waals surface area contributed by atoms with Crippen LogP contribution in [-0.4, -0.2) is 48.1 Å². The molecule has 0 aromatic heterocycles. The minimum atomic E-state index is 0.0488. The predicted molar refractivity (Wildman–Crippen MR) is 77.3 cm³/mol. The molecule has 0 saturated carbocycles. The molecule has 5 nitrogen and oxygen atoms in total. The Balaban J connectivity index is 2.20. The zero-order valence-corrected chi connectivity index (χ0v) is 11.9. The monoisotopic (exact) mass is 279 g/mol. The topological polar surface area (TPSA) is 58.8 Å². The summed E-state index contributed by atoms with van der Waals surface area (Å²) in [4.78, 5) is 15.6. The SMILES string of the molecule is COc1ccc(CN2CCN(C)C2=O)cc1C(N)=S. The lowest BCUT2D eigenvalue weighted by atomic mass is 10.1. The molecule has 1 aliphatic rings. The number of benzene rings is 1. The van der Waals surface area contributed by atoms with Crippen molar-refractivity contribution in [1.82, 2.24) is 9.80 Å². The molecule has 1 aromatic carbocycles. The highest BCUT2D eigenvalue weighted by Gasteiger charge is 2.25. The third kappa shape index (κ3) is 2.78. The summed E-state index contributed by atoms with van der Waals surface area (Å²) < 4.78 is 5.21. The van der Waals surface area contributed by atoms with Gasteiger partial charge in [-0.05, 0) is 17.7 Å². The molecule has 1 aliphatic heterocycles. The normalized spacial score (nSPS) is 14.9. The molecular weight excluding hydrogens is 262 g/mol. The summed E-state index contributed by atoms with van der Waals surface area (Å²) in [5.74, 6) is 0.654. The molecule has 1 saturated heterocycles. The lowest BCUT2D eigenvalue weighted by Crippen LogP contribution is -2.29. The Morgan fingerprint density at radius 2 is 2.21 bits per heavy atom. The molecule has 0 unspecified atom stereocenters. The average Bonchev–Trinajstić information content (AvgIpc) is 2.70. The van der Waals surface area contributed by atoms with E-state index in [1.54, 1.807) is 24.0 Å². The fourth-order valence-electron chi connectivity index (χ4n) is 2.12. The molecule has 1 aromatic rings. The van der Waals surface area contributed by atoms with Gasteiger partial charge < -0.3 is 20.3 Å². The van der Waals surface area contributed by atoms with E-state index in [0.717, 1.165) is 18.7 Å². The minimum absolute atomic E-state index is 0.0488. The van der Waals surface area contributed by atoms with E-state index >= 15 is 0 Å². The standard InChI is InChI=1S/C13H17N3O2S/c1-15-5-6-16(13(15)17)8-9-3-4-11(18-2)10(7-9)12(14)19/h3-4,7H,5-6,8H2,1-2H3,(H2,14,19). The molecule has 0 spiro atoms. The number of carbonyl (C=O) groups excluding carboxylic acids is 1. The van der Waals surface area contributed by atoms with Gasteiger partial charge in [-0.15, -0.1) is 0 Å². The number of methoxy groups -OCH3 is 1. The molecule has 0 aliphatic carbocycles. The average molecular weight is 279 g/mol. The van der Waals surface area contributed by atoms with E-state index in [9.17, 15) is 4.79 Å². The first kappa shape index (κ1) is 13.6. The number of rotatable bonds is 4. The van der Waals surface area contributed by atoms with Gasteiger partial charge >= 0.3 is 6.03 Å². The number of ether oxygens (including phenoxy) is 1. The van der Waals surface area contributed by atoms with Gasteiger partial charge in [0.05, 0.1) is 12.7 Å². The minimum Gasteiger partial charge on any atom is -0.496 e. The van der Waals surface area contributed by atoms with Gasteiger partial charge in [0.15, 0.2) is 0 Å². The first-order valence-corrected chi connectivity index (χ1v) is 6.40. The first-order valence-electron chi connectivity index (χ1n) is 5.99. The van der Waals surface area contributed by atoms with Gasteiger partial charge in [-0.3, -0.25) is 0 Å². The fourth-order valence-corrected chi connectivity index (χ4v) is 2.28. The van der Waals surface area contributed by atoms with Crippen molar-refractivity contribution in [2.24, 2.45) is 5.73 Å². The van der Waals surface area contributed by atoms with Gasteiger partial charge in [-0.2, -0.15) is 0 Å². The summed E-state index contributed by atoms with van der Waals surface area (Å²) >= 11 is 5.01. The second kappa shape index (κ2) is 5.44. The number of urea groups is 1. The Morgan fingerprint density at radius 3 is 2.74 bits per heavy atom. The zero-order valence-electron chi connectivity index (χ0n) is 11.0. The van der Waals surface area contributed by atoms with Crippen molar-refractivity contribution >= 4 is 23.2 Å². The van der Waals surface area contributed by atoms with E-state index in [1.807, 2.05) is 18.2 Å². The summed E-state index contributed by atoms with van der Waals surface area (Å²) in [6.07, 6.45) is 0. The Bertz CT molecular complexity index is 519. The molecule has 1 fully saturated rings. The lowest BCUT2D eigenvalue weighted by molar-refractivity contribution is 0.197. The number of likely N-dealkylation sites (N-methyl/N-ethyl adjacent to an activating group) is 1. The summed E-state index contributed by atoms with van der Waals surface area (Å²) in [7, 11) is 3.38. The molecule has 0 radical (unpaired) electrons. The van der Waals surface area contributed by atoms with Crippen LogP contribution in [0.2, 0.25) is 0 Å². The summed E-state index contributed by atoms with van der Waals surface area (Å²) in [6, 6.07) is 5.68. The van der Waals surface area contributed by atoms with E-state index in [1.165, 1.54) is 0 Å². The lowest BCUT2D eigenvalue weighted by Gasteiger charge is -2.17. The molecule has 6 heteroatoms. The van der Waals surface area contributed by atoms with Crippen molar-refractivity contribution in [3.63, 3.8) is 0 Å². The maximum Gasteiger partial charge on any atom is 0.320 e. The molecule has 102 valence electrons. The summed E-state index contributed by atoms with van der Waals surface area (Å²) in [6.45, 7) is 2.06. The van der Waals surface area contributed by atoms with E-state index in [4.69, 9.17) is 22.7 Å². The number of carbonyl (C=O) groups is 1. The van der Waals surface area contributed by atoms with Crippen LogP contribution in [-0.2, 0) is 6.54 Å². The van der Waals surface area contributed by atoms with Crippen LogP contribution < -0.4 is 10.5 Å². The van der Waals surface area contributed by atoms with Crippen molar-refractivity contribution < 1.29 is 9.53 Å². The molecule has 2 rings (SSSR count). The van der Waals surface area contributed by atoms with Gasteiger partial charge in [0.2, 0.25) is 0 Å². The van der Waals surface area contributed by atoms with Crippen LogP contribution >= 0.6 is 12.2 Å². The molecule has 0 atom stereocenters. The second-order valence-electron chi connectivity index (χ2n) is 4.52. The van der Waals surface area contributed by atoms with Crippen LogP contribution in [0.3, 0.4) is 0 Å². The second-order valence-corrected chi connectivity index (χ2v) is 4.96. The molecule has 0 bridgehead atoms. The largest absolute Gasteiger partial charge is 0.496 e. The molecule has 19 heavy (non-hydrogen) atoms. The Kier molecular flexibility index (Phi) is 3.90. The molecule has 1 heterocycles. The summed E-state index contributed by atoms with van der Waals surface area (Å²) in [5.41, 5.74) is 7.38. The number of thiocarbonyl (C=S) groups is 1. The highest BCUT2D eigenvalue weighted by atomic mass is 32.1. The molecule has 2 N–H and O–H groups in total. The smallest absolute Gasteiger partial charge is 0.320 e. The van der Waals surface area contributed by atoms with Gasteiger partial charge in [-0.25, -0.2) is 4.79 Å². The quantitative estimate of drug-likeness (QED) is 0.841. The third-order valence-electron chi connectivity index (χ3n) is 3.21. The Labute approximate surface area is 117 Å². The summed E-state index contributed by atoms with van der Waals surface area (Å²) in [5, 5.41) is 0. The Hall–Kier alpha value is -1.82. The maximum atomic E-state index is 11.8. The first-order chi connectivity index (χ1) is 9.02. The molecular formula is C13H17N3O2S. The highest BCUT2D eigenvalue weighted by molar-refractivity contribution is 7.80. The van der Waals surface area contributed by atoms with Gasteiger partial charge in [0.25, 0.3) is 0 Å². The fraction of sp³-hybridized carbons (Fsp3) is 0.385. The number of nitrogens with zero attached hydrogens (tertiary/aromatic N) is 2. The number of nitrogens with two attached hydrogens (primary N) is 1. The van der Waals surface area contributed by atoms with Gasteiger partial charge in [0.1, 0.15) is 10.7 Å². The molecule has 2 amide bonds. The van der Waals surface area contributed by atoms with E-state index in [0.29, 0.717) is 22.8 Å². The van der Waals surface area contributed by atoms with Crippen molar-refractivity contribution in [3.05, 3.63) is 29.3 Å². The van der Waals surface area contributed by atoms with Crippen LogP contribution in [0.15, 0.2) is 18.2 Å². The van der Waals surface area contributed by atoms with Crippen LogP contribution in [0, 0.1) is 0 Å². The third-order valence-corrected chi connectivity index (χ3v) is 3.43. The highest BCUT2D eigenvalue weighted by Crippen LogP contribution is 2.21.